The van der Waals surface area contributed by atoms with Crippen molar-refractivity contribution in [1.82, 2.24) is 0 Å². The summed E-state index contributed by atoms with van der Waals surface area (Å²) in [4.78, 5) is 11.8. The number of hydrogen-bond donors (Lipinski definition) is 1. The molecule has 0 radical (unpaired) electrons. The Morgan fingerprint density at radius 2 is 1.89 bits per heavy atom. The second-order valence-corrected chi connectivity index (χ2v) is 7.88. The summed E-state index contributed by atoms with van der Waals surface area (Å²) in [7, 11) is -2.92. The third-order valence-corrected chi connectivity index (χ3v) is 5.79. The Hall–Kier alpha value is -0.203. The first-order chi connectivity index (χ1) is 8.70. The molecule has 0 spiro atoms. The van der Waals surface area contributed by atoms with Crippen LogP contribution in [0, 0.1) is 0 Å². The summed E-state index contributed by atoms with van der Waals surface area (Å²) in [6.07, 6.45) is 3.75. The second kappa shape index (κ2) is 8.82. The lowest BCUT2D eigenvalue weighted by molar-refractivity contribution is 0.0969. The molecule has 1 N–H and O–H groups in total. The molecule has 0 aliphatic carbocycles. The molecular weight excluding hydrogens is 264 g/mol. The van der Waals surface area contributed by atoms with Gasteiger partial charge in [-0.15, -0.1) is 11.3 Å². The van der Waals surface area contributed by atoms with Crippen molar-refractivity contribution in [3.05, 3.63) is 22.4 Å². The fourth-order valence-electron chi connectivity index (χ4n) is 1.65. The highest BCUT2D eigenvalue weighted by Gasteiger charge is 2.35. The maximum absolute atomic E-state index is 10.4. The van der Waals surface area contributed by atoms with Gasteiger partial charge in [-0.1, -0.05) is 19.9 Å². The van der Waals surface area contributed by atoms with Crippen LogP contribution in [-0.4, -0.2) is 26.8 Å². The predicted molar refractivity (Wildman–Crippen MR) is 77.9 cm³/mol. The van der Waals surface area contributed by atoms with Crippen molar-refractivity contribution < 1.29 is 13.6 Å². The molecule has 0 aromatic carbocycles. The van der Waals surface area contributed by atoms with Crippen molar-refractivity contribution in [3.63, 3.8) is 0 Å². The normalized spacial score (nSPS) is 11.9. The monoisotopic (exact) mass is 288 g/mol. The molecule has 104 valence electrons. The fourth-order valence-corrected chi connectivity index (χ4v) is 4.44. The van der Waals surface area contributed by atoms with Crippen molar-refractivity contribution in [3.8, 4) is 0 Å². The summed E-state index contributed by atoms with van der Waals surface area (Å²) in [5, 5.41) is 2.08. The van der Waals surface area contributed by atoms with Gasteiger partial charge in [0.2, 0.25) is 0 Å². The Labute approximate surface area is 115 Å². The van der Waals surface area contributed by atoms with Crippen LogP contribution in [0.5, 0.6) is 0 Å². The van der Waals surface area contributed by atoms with Gasteiger partial charge in [-0.25, -0.2) is 0 Å². The van der Waals surface area contributed by atoms with Gasteiger partial charge in [0, 0.05) is 24.1 Å². The minimum absolute atomic E-state index is 0.589. The zero-order chi connectivity index (χ0) is 13.3. The quantitative estimate of drug-likeness (QED) is 0.670. The van der Waals surface area contributed by atoms with E-state index in [1.807, 2.05) is 13.8 Å². The number of rotatable bonds is 10. The highest BCUT2D eigenvalue weighted by atomic mass is 32.1. The minimum Gasteiger partial charge on any atom is -0.390 e. The van der Waals surface area contributed by atoms with Gasteiger partial charge in [-0.2, -0.15) is 0 Å². The van der Waals surface area contributed by atoms with Crippen molar-refractivity contribution in [2.24, 2.45) is 0 Å². The summed E-state index contributed by atoms with van der Waals surface area (Å²) < 4.78 is 11.2. The van der Waals surface area contributed by atoms with Crippen LogP contribution in [0.25, 0.3) is 0 Å². The largest absolute Gasteiger partial charge is 0.498 e. The summed E-state index contributed by atoms with van der Waals surface area (Å²) in [5.74, 6) is 0. The lowest BCUT2D eigenvalue weighted by Gasteiger charge is -2.23. The first-order valence-corrected chi connectivity index (χ1v) is 9.58. The van der Waals surface area contributed by atoms with Crippen LogP contribution in [0.3, 0.4) is 0 Å². The van der Waals surface area contributed by atoms with E-state index in [4.69, 9.17) is 8.85 Å². The predicted octanol–water partition coefficient (Wildman–Crippen LogP) is 3.47. The van der Waals surface area contributed by atoms with Crippen molar-refractivity contribution in [2.45, 2.75) is 45.6 Å². The molecule has 5 heteroatoms. The highest BCUT2D eigenvalue weighted by Crippen LogP contribution is 2.18. The summed E-state index contributed by atoms with van der Waals surface area (Å²) in [5.41, 5.74) is 0. The molecule has 0 aliphatic rings. The van der Waals surface area contributed by atoms with E-state index in [-0.39, 0.29) is 0 Å². The lowest BCUT2D eigenvalue weighted by atomic mass is 10.3. The fraction of sp³-hybridized carbons (Fsp3) is 0.692. The summed E-state index contributed by atoms with van der Waals surface area (Å²) in [6, 6.07) is 4.85. The Morgan fingerprint density at radius 3 is 2.39 bits per heavy atom. The maximum Gasteiger partial charge on any atom is 0.498 e. The Bertz CT molecular complexity index is 295. The van der Waals surface area contributed by atoms with Crippen LogP contribution in [0.4, 0.5) is 0 Å². The lowest BCUT2D eigenvalue weighted by Crippen LogP contribution is -2.43. The van der Waals surface area contributed by atoms with Crippen molar-refractivity contribution >= 4 is 20.1 Å². The topological polar surface area (TPSA) is 38.7 Å². The first kappa shape index (κ1) is 15.9. The first-order valence-electron chi connectivity index (χ1n) is 6.73. The molecule has 0 aliphatic heterocycles. The van der Waals surface area contributed by atoms with Gasteiger partial charge in [-0.05, 0) is 37.1 Å². The van der Waals surface area contributed by atoms with E-state index in [1.165, 1.54) is 4.88 Å². The molecule has 1 aromatic heterocycles. The highest BCUT2D eigenvalue weighted by molar-refractivity contribution is 7.09. The third-order valence-electron chi connectivity index (χ3n) is 2.56. The molecule has 0 unspecified atom stereocenters. The number of aryl methyl sites for hydroxylation is 1. The van der Waals surface area contributed by atoms with Crippen molar-refractivity contribution in [1.29, 1.82) is 0 Å². The van der Waals surface area contributed by atoms with Crippen LogP contribution in [0.2, 0.25) is 6.04 Å². The molecule has 1 rings (SSSR count). The molecule has 0 saturated heterocycles. The van der Waals surface area contributed by atoms with Crippen LogP contribution < -0.4 is 0 Å². The molecule has 3 nitrogen and oxygen atoms in total. The van der Waals surface area contributed by atoms with E-state index >= 15 is 0 Å². The van der Waals surface area contributed by atoms with Crippen LogP contribution in [0.15, 0.2) is 17.5 Å². The zero-order valence-corrected chi connectivity index (χ0v) is 13.2. The van der Waals surface area contributed by atoms with Crippen molar-refractivity contribution in [2.75, 3.05) is 13.2 Å². The molecule has 0 bridgehead atoms. The standard InChI is InChI=1S/C13H24O3SSi/c1-3-9-15-18(14,16-10-4-2)12-6-8-13-7-5-11-17-13/h5,7,11,14H,3-4,6,8-10,12H2,1-2H3. The molecular formula is C13H24O3SSi. The van der Waals surface area contributed by atoms with Gasteiger partial charge >= 0.3 is 8.80 Å². The Morgan fingerprint density at radius 1 is 1.22 bits per heavy atom. The number of hydrogen-bond acceptors (Lipinski definition) is 4. The molecule has 0 atom stereocenters. The smallest absolute Gasteiger partial charge is 0.390 e. The second-order valence-electron chi connectivity index (χ2n) is 4.34. The van der Waals surface area contributed by atoms with Crippen LogP contribution >= 0.6 is 11.3 Å². The van der Waals surface area contributed by atoms with Gasteiger partial charge in [-0.3, -0.25) is 0 Å². The van der Waals surface area contributed by atoms with E-state index in [2.05, 4.69) is 17.5 Å². The SMILES string of the molecule is CCCO[Si](O)(CCCc1cccs1)OCCC. The van der Waals surface area contributed by atoms with Gasteiger partial charge in [0.05, 0.1) is 0 Å². The summed E-state index contributed by atoms with van der Waals surface area (Å²) >= 11 is 1.76. The average Bonchev–Trinajstić information content (AvgIpc) is 2.87. The molecule has 1 heterocycles. The maximum atomic E-state index is 10.4. The molecule has 0 amide bonds. The number of thiophene rings is 1. The van der Waals surface area contributed by atoms with Crippen LogP contribution in [0.1, 0.15) is 38.0 Å². The van der Waals surface area contributed by atoms with E-state index in [9.17, 15) is 4.80 Å². The summed E-state index contributed by atoms with van der Waals surface area (Å²) in [6.45, 7) is 5.26. The molecule has 0 fully saturated rings. The Balaban J connectivity index is 2.34. The van der Waals surface area contributed by atoms with E-state index in [0.717, 1.165) is 25.7 Å². The minimum atomic E-state index is -2.92. The van der Waals surface area contributed by atoms with Gasteiger partial charge < -0.3 is 13.6 Å². The third kappa shape index (κ3) is 6.11. The molecule has 0 saturated carbocycles. The van der Waals surface area contributed by atoms with Crippen LogP contribution in [-0.2, 0) is 15.3 Å². The molecule has 1 aromatic rings. The van der Waals surface area contributed by atoms with E-state index < -0.39 is 8.80 Å². The Kier molecular flexibility index (Phi) is 7.77. The van der Waals surface area contributed by atoms with Gasteiger partial charge in [0.15, 0.2) is 0 Å². The van der Waals surface area contributed by atoms with Gasteiger partial charge in [0.1, 0.15) is 0 Å². The zero-order valence-electron chi connectivity index (χ0n) is 11.4. The van der Waals surface area contributed by atoms with E-state index in [1.54, 1.807) is 11.3 Å². The van der Waals surface area contributed by atoms with E-state index in [0.29, 0.717) is 19.3 Å². The van der Waals surface area contributed by atoms with Gasteiger partial charge in [0.25, 0.3) is 0 Å². The average molecular weight is 288 g/mol. The molecule has 18 heavy (non-hydrogen) atoms.